The topological polar surface area (TPSA) is 132 Å². The Bertz CT molecular complexity index is 1140. The van der Waals surface area contributed by atoms with Gasteiger partial charge in [-0.25, -0.2) is 9.79 Å². The molecule has 1 aliphatic heterocycles. The summed E-state index contributed by atoms with van der Waals surface area (Å²) < 4.78 is 10.8. The third-order valence-corrected chi connectivity index (χ3v) is 5.34. The molecule has 0 spiro atoms. The molecule has 1 N–H and O–H groups in total. The van der Waals surface area contributed by atoms with Crippen molar-refractivity contribution < 1.29 is 28.8 Å². The Balaban J connectivity index is 1.91. The highest BCUT2D eigenvalue weighted by Crippen LogP contribution is 2.39. The number of rotatable bonds is 7. The van der Waals surface area contributed by atoms with Gasteiger partial charge >= 0.3 is 5.97 Å². The molecule has 1 aromatic carbocycles. The summed E-state index contributed by atoms with van der Waals surface area (Å²) in [5.74, 6) is -0.670. The number of ether oxygens (including phenoxy) is 1. The number of non-ortho nitro benzene ring substituents is 1. The van der Waals surface area contributed by atoms with E-state index < -0.39 is 16.8 Å². The van der Waals surface area contributed by atoms with Gasteiger partial charge in [0.05, 0.1) is 16.4 Å². The molecule has 3 rings (SSSR count). The first-order chi connectivity index (χ1) is 15.3. The van der Waals surface area contributed by atoms with Gasteiger partial charge in [0.25, 0.3) is 5.69 Å². The van der Waals surface area contributed by atoms with Gasteiger partial charge in [0.2, 0.25) is 5.91 Å². The van der Waals surface area contributed by atoms with Crippen molar-refractivity contribution in [3.63, 3.8) is 0 Å². The van der Waals surface area contributed by atoms with E-state index in [1.165, 1.54) is 18.2 Å². The van der Waals surface area contributed by atoms with Crippen LogP contribution in [0.4, 0.5) is 5.69 Å². The van der Waals surface area contributed by atoms with Crippen LogP contribution in [0.3, 0.4) is 0 Å². The molecule has 0 unspecified atom stereocenters. The molecule has 2 heterocycles. The second kappa shape index (κ2) is 10.1. The van der Waals surface area contributed by atoms with Crippen molar-refractivity contribution in [2.24, 2.45) is 4.99 Å². The van der Waals surface area contributed by atoms with Crippen molar-refractivity contribution >= 4 is 40.4 Å². The Hall–Kier alpha value is -3.66. The number of amides is 1. The van der Waals surface area contributed by atoms with Crippen LogP contribution in [0, 0.1) is 10.1 Å². The molecule has 0 radical (unpaired) electrons. The van der Waals surface area contributed by atoms with Crippen molar-refractivity contribution in [2.75, 3.05) is 6.61 Å². The number of nitro groups is 1. The number of nitrogens with zero attached hydrogens (tertiary/aromatic N) is 2. The number of aliphatic imine (C=N–C) groups is 1. The second-order valence-electron chi connectivity index (χ2n) is 6.62. The maximum absolute atomic E-state index is 12.3. The summed E-state index contributed by atoms with van der Waals surface area (Å²) in [6, 6.07) is 9.22. The summed E-state index contributed by atoms with van der Waals surface area (Å²) in [4.78, 5) is 38.9. The zero-order chi connectivity index (χ0) is 23.3. The van der Waals surface area contributed by atoms with E-state index in [-0.39, 0.29) is 40.0 Å². The summed E-state index contributed by atoms with van der Waals surface area (Å²) in [7, 11) is 0. The lowest BCUT2D eigenvalue weighted by atomic mass is 10.1. The Morgan fingerprint density at radius 1 is 1.22 bits per heavy atom. The zero-order valence-electron chi connectivity index (χ0n) is 17.4. The SMILES string of the molecule is CCCC(=O)N=C1S/C(=C\c2ccc(-c3ccc([N+](=O)[O-])cc3)o2)C(O)=C1C(=O)OCC. The molecule has 0 fully saturated rings. The Morgan fingerprint density at radius 2 is 1.94 bits per heavy atom. The van der Waals surface area contributed by atoms with Gasteiger partial charge in [-0.3, -0.25) is 14.9 Å². The summed E-state index contributed by atoms with van der Waals surface area (Å²) in [6.07, 6.45) is 2.34. The van der Waals surface area contributed by atoms with Crippen LogP contribution in [0.2, 0.25) is 0 Å². The lowest BCUT2D eigenvalue weighted by molar-refractivity contribution is -0.384. The second-order valence-corrected chi connectivity index (χ2v) is 7.65. The van der Waals surface area contributed by atoms with Gasteiger partial charge in [-0.05, 0) is 43.7 Å². The third kappa shape index (κ3) is 5.14. The van der Waals surface area contributed by atoms with Gasteiger partial charge in [-0.1, -0.05) is 18.7 Å². The van der Waals surface area contributed by atoms with Gasteiger partial charge in [0.1, 0.15) is 27.9 Å². The van der Waals surface area contributed by atoms with E-state index in [2.05, 4.69) is 4.99 Å². The van der Waals surface area contributed by atoms with Crippen molar-refractivity contribution in [2.45, 2.75) is 26.7 Å². The first-order valence-electron chi connectivity index (χ1n) is 9.80. The highest BCUT2D eigenvalue weighted by atomic mass is 32.2. The standard InChI is InChI=1S/C22H20N2O7S/c1-3-5-18(25)23-21-19(22(27)30-4-2)20(26)17(32-21)12-15-10-11-16(31-15)13-6-8-14(9-7-13)24(28)29/h6-12,26H,3-5H2,1-2H3/b17-12-,23-21?. The van der Waals surface area contributed by atoms with Crippen LogP contribution in [0.15, 0.2) is 62.0 Å². The van der Waals surface area contributed by atoms with Gasteiger partial charge < -0.3 is 14.3 Å². The average molecular weight is 456 g/mol. The smallest absolute Gasteiger partial charge is 0.344 e. The fourth-order valence-electron chi connectivity index (χ4n) is 2.84. The number of hydrogen-bond acceptors (Lipinski definition) is 8. The van der Waals surface area contributed by atoms with Gasteiger partial charge in [-0.2, -0.15) is 0 Å². The molecular weight excluding hydrogens is 436 g/mol. The molecule has 1 aromatic heterocycles. The van der Waals surface area contributed by atoms with E-state index in [0.717, 1.165) is 11.8 Å². The van der Waals surface area contributed by atoms with Crippen molar-refractivity contribution in [3.05, 3.63) is 68.5 Å². The highest BCUT2D eigenvalue weighted by Gasteiger charge is 2.34. The molecule has 1 amide bonds. The van der Waals surface area contributed by atoms with E-state index in [4.69, 9.17) is 9.15 Å². The number of carbonyl (C=O) groups excluding carboxylic acids is 2. The summed E-state index contributed by atoms with van der Waals surface area (Å²) in [6.45, 7) is 3.58. The Kier molecular flexibility index (Phi) is 7.26. The molecular formula is C22H20N2O7S. The number of aliphatic hydroxyl groups excluding tert-OH is 1. The molecule has 0 atom stereocenters. The number of esters is 1. The minimum atomic E-state index is -0.769. The first kappa shape index (κ1) is 23.0. The van der Waals surface area contributed by atoms with Crippen LogP contribution in [-0.2, 0) is 14.3 Å². The number of benzene rings is 1. The number of aliphatic hydroxyl groups is 1. The monoisotopic (exact) mass is 456 g/mol. The minimum Gasteiger partial charge on any atom is -0.506 e. The van der Waals surface area contributed by atoms with Crippen molar-refractivity contribution in [1.82, 2.24) is 0 Å². The predicted molar refractivity (Wildman–Crippen MR) is 120 cm³/mol. The zero-order valence-corrected chi connectivity index (χ0v) is 18.2. The molecule has 0 saturated carbocycles. The molecule has 0 saturated heterocycles. The predicted octanol–water partition coefficient (Wildman–Crippen LogP) is 5.04. The van der Waals surface area contributed by atoms with E-state index >= 15 is 0 Å². The number of furan rings is 1. The van der Waals surface area contributed by atoms with E-state index in [1.54, 1.807) is 31.2 Å². The fourth-order valence-corrected chi connectivity index (χ4v) is 3.85. The van der Waals surface area contributed by atoms with Crippen LogP contribution in [-0.4, -0.2) is 33.6 Å². The van der Waals surface area contributed by atoms with Crippen LogP contribution in [0.1, 0.15) is 32.4 Å². The molecule has 2 aromatic rings. The van der Waals surface area contributed by atoms with Gasteiger partial charge in [0.15, 0.2) is 0 Å². The fraction of sp³-hybridized carbons (Fsp3) is 0.227. The highest BCUT2D eigenvalue weighted by molar-refractivity contribution is 8.18. The minimum absolute atomic E-state index is 0.0315. The molecule has 166 valence electrons. The lowest BCUT2D eigenvalue weighted by Gasteiger charge is -2.03. The largest absolute Gasteiger partial charge is 0.506 e. The molecule has 10 heteroatoms. The van der Waals surface area contributed by atoms with Crippen molar-refractivity contribution in [1.29, 1.82) is 0 Å². The number of thioether (sulfide) groups is 1. The summed E-state index contributed by atoms with van der Waals surface area (Å²) in [5, 5.41) is 21.5. The summed E-state index contributed by atoms with van der Waals surface area (Å²) >= 11 is 0.971. The van der Waals surface area contributed by atoms with Crippen LogP contribution in [0.5, 0.6) is 0 Å². The van der Waals surface area contributed by atoms with Crippen LogP contribution >= 0.6 is 11.8 Å². The summed E-state index contributed by atoms with van der Waals surface area (Å²) in [5.41, 5.74) is 0.449. The Morgan fingerprint density at radius 3 is 2.56 bits per heavy atom. The van der Waals surface area contributed by atoms with Crippen LogP contribution in [0.25, 0.3) is 17.4 Å². The van der Waals surface area contributed by atoms with E-state index in [9.17, 15) is 24.8 Å². The molecule has 9 nitrogen and oxygen atoms in total. The average Bonchev–Trinajstić information content (AvgIpc) is 3.33. The molecule has 1 aliphatic rings. The molecule has 0 bridgehead atoms. The third-order valence-electron chi connectivity index (χ3n) is 4.32. The van der Waals surface area contributed by atoms with E-state index in [1.807, 2.05) is 6.92 Å². The number of carbonyl (C=O) groups is 2. The normalized spacial score (nSPS) is 16.1. The first-order valence-corrected chi connectivity index (χ1v) is 10.6. The number of hydrogen-bond donors (Lipinski definition) is 1. The van der Waals surface area contributed by atoms with Crippen molar-refractivity contribution in [3.8, 4) is 11.3 Å². The lowest BCUT2D eigenvalue weighted by Crippen LogP contribution is -2.14. The van der Waals surface area contributed by atoms with Crippen LogP contribution < -0.4 is 0 Å². The maximum atomic E-state index is 12.3. The van der Waals surface area contributed by atoms with Gasteiger partial charge in [-0.15, -0.1) is 0 Å². The molecule has 32 heavy (non-hydrogen) atoms. The Labute approximate surface area is 187 Å². The quantitative estimate of drug-likeness (QED) is 0.348. The molecule has 0 aliphatic carbocycles. The van der Waals surface area contributed by atoms with Gasteiger partial charge in [0, 0.05) is 24.1 Å². The van der Waals surface area contributed by atoms with E-state index in [0.29, 0.717) is 23.5 Å². The maximum Gasteiger partial charge on any atom is 0.344 e. The number of nitro benzene ring substituents is 1.